The van der Waals surface area contributed by atoms with Gasteiger partial charge in [-0.15, -0.1) is 0 Å². The number of hydrogen-bond acceptors (Lipinski definition) is 2. The van der Waals surface area contributed by atoms with E-state index >= 15 is 0 Å². The smallest absolute Gasteiger partial charge is 0.119 e. The fourth-order valence-corrected chi connectivity index (χ4v) is 2.71. The second kappa shape index (κ2) is 4.06. The maximum atomic E-state index is 6.10. The van der Waals surface area contributed by atoms with Crippen LogP contribution in [0.3, 0.4) is 0 Å². The summed E-state index contributed by atoms with van der Waals surface area (Å²) in [6.45, 7) is 8.86. The Morgan fingerprint density at radius 2 is 1.93 bits per heavy atom. The summed E-state index contributed by atoms with van der Waals surface area (Å²) in [4.78, 5) is 0. The van der Waals surface area contributed by atoms with E-state index < -0.39 is 0 Å². The summed E-state index contributed by atoms with van der Waals surface area (Å²) in [5, 5.41) is 3.65. The first-order valence-electron chi connectivity index (χ1n) is 6.44. The molecule has 0 amide bonds. The van der Waals surface area contributed by atoms with Crippen LogP contribution in [-0.2, 0) is 4.74 Å². The van der Waals surface area contributed by atoms with E-state index in [1.54, 1.807) is 0 Å². The van der Waals surface area contributed by atoms with Crippen molar-refractivity contribution < 1.29 is 4.74 Å². The number of nitrogens with one attached hydrogen (secondary N) is 1. The minimum Gasteiger partial charge on any atom is -0.360 e. The third kappa shape index (κ3) is 2.54. The third-order valence-corrected chi connectivity index (χ3v) is 4.12. The third-order valence-electron chi connectivity index (χ3n) is 4.12. The van der Waals surface area contributed by atoms with Crippen LogP contribution in [0.1, 0.15) is 52.9 Å². The Kier molecular flexibility index (Phi) is 3.09. The molecule has 0 aromatic carbocycles. The minimum atomic E-state index is 0.0428. The van der Waals surface area contributed by atoms with Crippen LogP contribution >= 0.6 is 0 Å². The average Bonchev–Trinajstić information content (AvgIpc) is 2.24. The van der Waals surface area contributed by atoms with Gasteiger partial charge in [-0.05, 0) is 31.6 Å². The van der Waals surface area contributed by atoms with Crippen molar-refractivity contribution in [2.75, 3.05) is 13.2 Å². The molecule has 2 nitrogen and oxygen atoms in total. The molecule has 0 aromatic rings. The molecule has 1 heterocycles. The highest BCUT2D eigenvalue weighted by molar-refractivity contribution is 4.91. The molecule has 0 bridgehead atoms. The number of hydrogen-bond donors (Lipinski definition) is 1. The summed E-state index contributed by atoms with van der Waals surface area (Å²) < 4.78 is 6.10. The van der Waals surface area contributed by atoms with Crippen LogP contribution in [-0.4, -0.2) is 18.9 Å². The van der Waals surface area contributed by atoms with E-state index in [9.17, 15) is 0 Å². The van der Waals surface area contributed by atoms with Crippen molar-refractivity contribution >= 4 is 0 Å². The van der Waals surface area contributed by atoms with E-state index in [2.05, 4.69) is 26.1 Å². The lowest BCUT2D eigenvalue weighted by Gasteiger charge is -2.47. The van der Waals surface area contributed by atoms with E-state index in [-0.39, 0.29) is 5.72 Å². The van der Waals surface area contributed by atoms with Gasteiger partial charge in [0.05, 0.1) is 6.61 Å². The Balaban J connectivity index is 1.89. The highest BCUT2D eigenvalue weighted by Crippen LogP contribution is 2.38. The van der Waals surface area contributed by atoms with Gasteiger partial charge >= 0.3 is 0 Å². The topological polar surface area (TPSA) is 21.3 Å². The molecular formula is C13H25NO. The van der Waals surface area contributed by atoms with E-state index in [4.69, 9.17) is 4.74 Å². The Morgan fingerprint density at radius 3 is 2.40 bits per heavy atom. The van der Waals surface area contributed by atoms with E-state index in [0.717, 1.165) is 19.1 Å². The van der Waals surface area contributed by atoms with Crippen LogP contribution < -0.4 is 5.32 Å². The van der Waals surface area contributed by atoms with E-state index in [1.807, 2.05) is 0 Å². The van der Waals surface area contributed by atoms with Crippen LogP contribution in [0.4, 0.5) is 0 Å². The van der Waals surface area contributed by atoms with Crippen LogP contribution in [0.2, 0.25) is 0 Å². The molecule has 0 atom stereocenters. The van der Waals surface area contributed by atoms with E-state index in [0.29, 0.717) is 5.41 Å². The van der Waals surface area contributed by atoms with Crippen molar-refractivity contribution in [3.05, 3.63) is 0 Å². The largest absolute Gasteiger partial charge is 0.360 e. The zero-order chi connectivity index (χ0) is 10.9. The fraction of sp³-hybridized carbons (Fsp3) is 1.00. The second-order valence-corrected chi connectivity index (χ2v) is 6.15. The Labute approximate surface area is 93.8 Å². The maximum Gasteiger partial charge on any atom is 0.119 e. The molecule has 0 unspecified atom stereocenters. The van der Waals surface area contributed by atoms with Gasteiger partial charge < -0.3 is 4.74 Å². The van der Waals surface area contributed by atoms with Crippen molar-refractivity contribution in [1.29, 1.82) is 0 Å². The number of rotatable bonds is 1. The molecule has 1 aliphatic heterocycles. The van der Waals surface area contributed by atoms with E-state index in [1.165, 1.54) is 32.1 Å². The van der Waals surface area contributed by atoms with Gasteiger partial charge in [0.1, 0.15) is 5.72 Å². The molecule has 2 fully saturated rings. The van der Waals surface area contributed by atoms with Gasteiger partial charge in [-0.1, -0.05) is 27.2 Å². The molecule has 0 radical (unpaired) electrons. The standard InChI is InChI=1S/C13H25NO/c1-4-11-5-7-13(8-6-11)14-9-12(2,3)10-15-13/h11,14H,4-10H2,1-3H3. The molecule has 1 aliphatic carbocycles. The summed E-state index contributed by atoms with van der Waals surface area (Å²) in [5.74, 6) is 0.941. The molecule has 0 aromatic heterocycles. The highest BCUT2D eigenvalue weighted by atomic mass is 16.5. The maximum absolute atomic E-state index is 6.10. The molecule has 88 valence electrons. The van der Waals surface area contributed by atoms with Gasteiger partial charge in [-0.25, -0.2) is 0 Å². The minimum absolute atomic E-state index is 0.0428. The monoisotopic (exact) mass is 211 g/mol. The number of ether oxygens (including phenoxy) is 1. The van der Waals surface area contributed by atoms with Crippen LogP contribution in [0.25, 0.3) is 0 Å². The lowest BCUT2D eigenvalue weighted by atomic mass is 9.80. The van der Waals surface area contributed by atoms with Gasteiger partial charge in [0.2, 0.25) is 0 Å². The van der Waals surface area contributed by atoms with Crippen LogP contribution in [0.15, 0.2) is 0 Å². The van der Waals surface area contributed by atoms with Crippen molar-refractivity contribution in [2.45, 2.75) is 58.6 Å². The molecule has 1 spiro atoms. The Morgan fingerprint density at radius 1 is 1.27 bits per heavy atom. The van der Waals surface area contributed by atoms with Crippen LogP contribution in [0, 0.1) is 11.3 Å². The summed E-state index contributed by atoms with van der Waals surface area (Å²) in [5.41, 5.74) is 0.355. The first-order valence-corrected chi connectivity index (χ1v) is 6.44. The predicted octanol–water partition coefficient (Wildman–Crippen LogP) is 2.93. The van der Waals surface area contributed by atoms with Crippen molar-refractivity contribution in [2.24, 2.45) is 11.3 Å². The zero-order valence-electron chi connectivity index (χ0n) is 10.4. The van der Waals surface area contributed by atoms with Crippen molar-refractivity contribution in [1.82, 2.24) is 5.32 Å². The molecule has 2 rings (SSSR count). The van der Waals surface area contributed by atoms with Gasteiger partial charge in [-0.2, -0.15) is 0 Å². The average molecular weight is 211 g/mol. The Bertz CT molecular complexity index is 205. The lowest BCUT2D eigenvalue weighted by Crippen LogP contribution is -2.58. The highest BCUT2D eigenvalue weighted by Gasteiger charge is 2.41. The molecule has 1 N–H and O–H groups in total. The van der Waals surface area contributed by atoms with Crippen molar-refractivity contribution in [3.63, 3.8) is 0 Å². The lowest BCUT2D eigenvalue weighted by molar-refractivity contribution is -0.158. The summed E-state index contributed by atoms with van der Waals surface area (Å²) in [6.07, 6.45) is 6.43. The first-order chi connectivity index (χ1) is 7.05. The predicted molar refractivity (Wildman–Crippen MR) is 62.7 cm³/mol. The summed E-state index contributed by atoms with van der Waals surface area (Å²) in [6, 6.07) is 0. The quantitative estimate of drug-likeness (QED) is 0.720. The van der Waals surface area contributed by atoms with Gasteiger partial charge in [0.25, 0.3) is 0 Å². The molecular weight excluding hydrogens is 186 g/mol. The molecule has 2 heteroatoms. The van der Waals surface area contributed by atoms with Gasteiger partial charge in [0, 0.05) is 12.0 Å². The van der Waals surface area contributed by atoms with Gasteiger partial charge in [0.15, 0.2) is 0 Å². The normalized spacial score (nSPS) is 40.6. The summed E-state index contributed by atoms with van der Waals surface area (Å²) in [7, 11) is 0. The SMILES string of the molecule is CCC1CCC2(CC1)NCC(C)(C)CO2. The fourth-order valence-electron chi connectivity index (χ4n) is 2.71. The molecule has 1 saturated carbocycles. The molecule has 15 heavy (non-hydrogen) atoms. The molecule has 2 aliphatic rings. The van der Waals surface area contributed by atoms with Crippen molar-refractivity contribution in [3.8, 4) is 0 Å². The Hall–Kier alpha value is -0.0800. The first kappa shape index (κ1) is 11.4. The van der Waals surface area contributed by atoms with Crippen LogP contribution in [0.5, 0.6) is 0 Å². The molecule has 1 saturated heterocycles. The second-order valence-electron chi connectivity index (χ2n) is 6.15. The van der Waals surface area contributed by atoms with Gasteiger partial charge in [-0.3, -0.25) is 5.32 Å². The zero-order valence-corrected chi connectivity index (χ0v) is 10.4. The summed E-state index contributed by atoms with van der Waals surface area (Å²) >= 11 is 0.